The quantitative estimate of drug-likeness (QED) is 0.530. The zero-order chi connectivity index (χ0) is 6.15. The Balaban J connectivity index is 2.26. The SMILES string of the molecule is CCC1C[C@H]1C(C)=O. The number of hydrogen-bond acceptors (Lipinski definition) is 1. The molecule has 0 amide bonds. The molecule has 0 saturated heterocycles. The van der Waals surface area contributed by atoms with Crippen LogP contribution < -0.4 is 0 Å². The molecule has 0 radical (unpaired) electrons. The molecule has 0 bridgehead atoms. The van der Waals surface area contributed by atoms with Crippen LogP contribution in [0, 0.1) is 11.8 Å². The summed E-state index contributed by atoms with van der Waals surface area (Å²) in [5, 5.41) is 0. The van der Waals surface area contributed by atoms with Crippen LogP contribution in [0.3, 0.4) is 0 Å². The van der Waals surface area contributed by atoms with Gasteiger partial charge >= 0.3 is 0 Å². The van der Waals surface area contributed by atoms with E-state index >= 15 is 0 Å². The van der Waals surface area contributed by atoms with Crippen LogP contribution in [-0.2, 0) is 4.79 Å². The Morgan fingerprint density at radius 1 is 1.75 bits per heavy atom. The number of ketones is 1. The van der Waals surface area contributed by atoms with E-state index in [0.717, 1.165) is 12.3 Å². The maximum atomic E-state index is 10.6. The molecule has 1 rings (SSSR count). The molecule has 1 fully saturated rings. The van der Waals surface area contributed by atoms with Crippen molar-refractivity contribution in [3.8, 4) is 0 Å². The van der Waals surface area contributed by atoms with E-state index in [1.54, 1.807) is 6.92 Å². The minimum atomic E-state index is 0.386. The number of hydrogen-bond donors (Lipinski definition) is 0. The number of carbonyl (C=O) groups is 1. The van der Waals surface area contributed by atoms with Gasteiger partial charge in [0.05, 0.1) is 0 Å². The Bertz CT molecular complexity index is 107. The van der Waals surface area contributed by atoms with E-state index in [1.807, 2.05) is 0 Å². The van der Waals surface area contributed by atoms with Crippen LogP contribution in [0.1, 0.15) is 26.7 Å². The summed E-state index contributed by atoms with van der Waals surface area (Å²) in [4.78, 5) is 10.6. The second-order valence-electron chi connectivity index (χ2n) is 2.62. The van der Waals surface area contributed by atoms with Gasteiger partial charge in [0, 0.05) is 5.92 Å². The van der Waals surface area contributed by atoms with Gasteiger partial charge in [-0.1, -0.05) is 13.3 Å². The Hall–Kier alpha value is -0.330. The Labute approximate surface area is 50.1 Å². The van der Waals surface area contributed by atoms with Crippen molar-refractivity contribution in [2.75, 3.05) is 0 Å². The lowest BCUT2D eigenvalue weighted by Gasteiger charge is -1.85. The zero-order valence-corrected chi connectivity index (χ0v) is 5.48. The third kappa shape index (κ3) is 0.908. The van der Waals surface area contributed by atoms with Crippen molar-refractivity contribution in [1.29, 1.82) is 0 Å². The highest BCUT2D eigenvalue weighted by Crippen LogP contribution is 2.41. The van der Waals surface area contributed by atoms with Crippen LogP contribution in [0.4, 0.5) is 0 Å². The van der Waals surface area contributed by atoms with Gasteiger partial charge in [0.25, 0.3) is 0 Å². The first kappa shape index (κ1) is 5.80. The summed E-state index contributed by atoms with van der Waals surface area (Å²) in [6, 6.07) is 0. The van der Waals surface area contributed by atoms with Crippen molar-refractivity contribution in [2.45, 2.75) is 26.7 Å². The van der Waals surface area contributed by atoms with Crippen LogP contribution in [0.25, 0.3) is 0 Å². The second kappa shape index (κ2) is 1.88. The molecule has 0 aromatic carbocycles. The summed E-state index contributed by atoms with van der Waals surface area (Å²) in [5.41, 5.74) is 0. The Kier molecular flexibility index (Phi) is 1.37. The van der Waals surface area contributed by atoms with E-state index < -0.39 is 0 Å². The third-order valence-electron chi connectivity index (χ3n) is 1.97. The van der Waals surface area contributed by atoms with Crippen LogP contribution in [0.2, 0.25) is 0 Å². The summed E-state index contributed by atoms with van der Waals surface area (Å²) in [6.07, 6.45) is 2.34. The molecule has 0 aliphatic heterocycles. The summed E-state index contributed by atoms with van der Waals surface area (Å²) in [5.74, 6) is 1.57. The molecular weight excluding hydrogens is 100 g/mol. The molecule has 0 N–H and O–H groups in total. The topological polar surface area (TPSA) is 17.1 Å². The van der Waals surface area contributed by atoms with E-state index in [1.165, 1.54) is 6.42 Å². The lowest BCUT2D eigenvalue weighted by Crippen LogP contribution is -1.93. The monoisotopic (exact) mass is 112 g/mol. The molecule has 2 atom stereocenters. The largest absolute Gasteiger partial charge is 0.300 e. The highest BCUT2D eigenvalue weighted by Gasteiger charge is 2.38. The van der Waals surface area contributed by atoms with Gasteiger partial charge in [0.1, 0.15) is 5.78 Å². The highest BCUT2D eigenvalue weighted by molar-refractivity contribution is 5.81. The molecule has 1 saturated carbocycles. The number of rotatable bonds is 2. The van der Waals surface area contributed by atoms with Gasteiger partial charge in [0.15, 0.2) is 0 Å². The van der Waals surface area contributed by atoms with Crippen molar-refractivity contribution in [3.05, 3.63) is 0 Å². The molecule has 1 aliphatic rings. The zero-order valence-electron chi connectivity index (χ0n) is 5.48. The van der Waals surface area contributed by atoms with E-state index in [4.69, 9.17) is 0 Å². The van der Waals surface area contributed by atoms with Crippen molar-refractivity contribution in [1.82, 2.24) is 0 Å². The van der Waals surface area contributed by atoms with Crippen molar-refractivity contribution >= 4 is 5.78 Å². The van der Waals surface area contributed by atoms with Gasteiger partial charge in [-0.15, -0.1) is 0 Å². The lowest BCUT2D eigenvalue weighted by atomic mass is 10.2. The molecule has 1 heteroatoms. The smallest absolute Gasteiger partial charge is 0.133 e. The lowest BCUT2D eigenvalue weighted by molar-refractivity contribution is -0.118. The molecule has 1 nitrogen and oxygen atoms in total. The summed E-state index contributed by atoms with van der Waals surface area (Å²) < 4.78 is 0. The van der Waals surface area contributed by atoms with E-state index in [-0.39, 0.29) is 0 Å². The van der Waals surface area contributed by atoms with Gasteiger partial charge in [0.2, 0.25) is 0 Å². The molecule has 1 aliphatic carbocycles. The fourth-order valence-corrected chi connectivity index (χ4v) is 1.20. The number of Topliss-reactive ketones (excluding diaryl/α,β-unsaturated/α-hetero) is 1. The van der Waals surface area contributed by atoms with E-state index in [9.17, 15) is 4.79 Å². The average molecular weight is 112 g/mol. The minimum absolute atomic E-state index is 0.386. The summed E-state index contributed by atoms with van der Waals surface area (Å²) in [7, 11) is 0. The molecular formula is C7H12O. The van der Waals surface area contributed by atoms with Gasteiger partial charge in [-0.2, -0.15) is 0 Å². The van der Waals surface area contributed by atoms with Crippen LogP contribution in [-0.4, -0.2) is 5.78 Å². The first-order valence-corrected chi connectivity index (χ1v) is 3.26. The van der Waals surface area contributed by atoms with E-state index in [2.05, 4.69) is 6.92 Å². The average Bonchev–Trinajstić information content (AvgIpc) is 2.42. The van der Waals surface area contributed by atoms with Crippen molar-refractivity contribution in [3.63, 3.8) is 0 Å². The fourth-order valence-electron chi connectivity index (χ4n) is 1.20. The third-order valence-corrected chi connectivity index (χ3v) is 1.97. The van der Waals surface area contributed by atoms with Crippen molar-refractivity contribution in [2.24, 2.45) is 11.8 Å². The van der Waals surface area contributed by atoms with Crippen molar-refractivity contribution < 1.29 is 4.79 Å². The standard InChI is InChI=1S/C7H12O/c1-3-6-4-7(6)5(2)8/h6-7H,3-4H2,1-2H3/t6?,7-/m0/s1. The predicted molar refractivity (Wildman–Crippen MR) is 32.6 cm³/mol. The van der Waals surface area contributed by atoms with Gasteiger partial charge in [-0.3, -0.25) is 4.79 Å². The molecule has 0 spiro atoms. The molecule has 0 aromatic heterocycles. The summed E-state index contributed by atoms with van der Waals surface area (Å²) >= 11 is 0. The van der Waals surface area contributed by atoms with Crippen LogP contribution >= 0.6 is 0 Å². The van der Waals surface area contributed by atoms with Gasteiger partial charge in [-0.05, 0) is 19.3 Å². The maximum absolute atomic E-state index is 10.6. The van der Waals surface area contributed by atoms with Crippen LogP contribution in [0.15, 0.2) is 0 Å². The van der Waals surface area contributed by atoms with E-state index in [0.29, 0.717) is 11.7 Å². The van der Waals surface area contributed by atoms with Gasteiger partial charge in [-0.25, -0.2) is 0 Å². The summed E-state index contributed by atoms with van der Waals surface area (Å²) in [6.45, 7) is 3.84. The second-order valence-corrected chi connectivity index (χ2v) is 2.62. The van der Waals surface area contributed by atoms with Gasteiger partial charge < -0.3 is 0 Å². The first-order chi connectivity index (χ1) is 3.75. The fraction of sp³-hybridized carbons (Fsp3) is 0.857. The number of carbonyl (C=O) groups excluding carboxylic acids is 1. The molecule has 0 aromatic rings. The maximum Gasteiger partial charge on any atom is 0.133 e. The Morgan fingerprint density at radius 3 is 2.50 bits per heavy atom. The molecule has 1 unspecified atom stereocenters. The minimum Gasteiger partial charge on any atom is -0.300 e. The normalized spacial score (nSPS) is 34.8. The predicted octanol–water partition coefficient (Wildman–Crippen LogP) is 1.62. The highest BCUT2D eigenvalue weighted by atomic mass is 16.1. The molecule has 0 heterocycles. The van der Waals surface area contributed by atoms with Crippen LogP contribution in [0.5, 0.6) is 0 Å². The molecule has 46 valence electrons. The molecule has 8 heavy (non-hydrogen) atoms. The Morgan fingerprint density at radius 2 is 2.38 bits per heavy atom. The first-order valence-electron chi connectivity index (χ1n) is 3.26.